The second-order valence-corrected chi connectivity index (χ2v) is 19.2. The van der Waals surface area contributed by atoms with Crippen molar-refractivity contribution in [3.05, 3.63) is 175 Å². The van der Waals surface area contributed by atoms with E-state index < -0.39 is 0 Å². The third-order valence-corrected chi connectivity index (χ3v) is 12.9. The van der Waals surface area contributed by atoms with Gasteiger partial charge in [0.15, 0.2) is 0 Å². The lowest BCUT2D eigenvalue weighted by Crippen LogP contribution is -2.57. The van der Waals surface area contributed by atoms with Crippen LogP contribution in [0.1, 0.15) is 52.7 Å². The second-order valence-electron chi connectivity index (χ2n) is 19.2. The molecule has 0 radical (unpaired) electrons. The maximum Gasteiger partial charge on any atom is 0.260 e. The molecule has 0 atom stereocenters. The van der Waals surface area contributed by atoms with Crippen molar-refractivity contribution >= 4 is 55.8 Å². The summed E-state index contributed by atoms with van der Waals surface area (Å²) in [7, 11) is 0. The quantitative estimate of drug-likeness (QED) is 0.162. The molecule has 7 aromatic carbocycles. The molecule has 0 bridgehead atoms. The molecule has 0 saturated carbocycles. The highest BCUT2D eigenvalue weighted by Crippen LogP contribution is 2.42. The van der Waals surface area contributed by atoms with E-state index in [-0.39, 0.29) is 17.5 Å². The normalized spacial score (nSPS) is 13.1. The van der Waals surface area contributed by atoms with E-state index >= 15 is 0 Å². The first-order chi connectivity index (χ1) is 30.9. The van der Waals surface area contributed by atoms with Crippen molar-refractivity contribution in [3.63, 3.8) is 0 Å². The van der Waals surface area contributed by atoms with E-state index in [0.717, 1.165) is 112 Å². The summed E-state index contributed by atoms with van der Waals surface area (Å²) in [5.41, 5.74) is 11.6. The molecule has 0 aliphatic carbocycles. The van der Waals surface area contributed by atoms with Gasteiger partial charge in [0, 0.05) is 40.0 Å². The SMILES string of the molecule is CC(C)(C)c1cc(Oc2ccc3c4cc(-c5cc6c7c(c5)Oc5ccccc5B7c5ccccc5O6)ccc4n(-c4cc(C(C)(C)C)ccn4)c3c2)cc(-n2ncc3ccccc32)c1. The Kier molecular flexibility index (Phi) is 8.32. The van der Waals surface area contributed by atoms with Gasteiger partial charge < -0.3 is 14.2 Å². The summed E-state index contributed by atoms with van der Waals surface area (Å²) in [5, 5.41) is 8.07. The van der Waals surface area contributed by atoms with E-state index in [4.69, 9.17) is 24.3 Å². The molecule has 10 aromatic rings. The fourth-order valence-electron chi connectivity index (χ4n) is 9.57. The topological polar surface area (TPSA) is 63.3 Å². The summed E-state index contributed by atoms with van der Waals surface area (Å²) in [6.45, 7) is 13.4. The van der Waals surface area contributed by atoms with Gasteiger partial charge in [0.1, 0.15) is 40.3 Å². The maximum absolute atomic E-state index is 6.87. The van der Waals surface area contributed by atoms with Crippen LogP contribution >= 0.6 is 0 Å². The van der Waals surface area contributed by atoms with Gasteiger partial charge in [-0.05, 0) is 123 Å². The lowest BCUT2D eigenvalue weighted by Gasteiger charge is -2.33. The van der Waals surface area contributed by atoms with Gasteiger partial charge in [-0.1, -0.05) is 102 Å². The third kappa shape index (κ3) is 6.19. The van der Waals surface area contributed by atoms with Gasteiger partial charge in [-0.3, -0.25) is 4.57 Å². The first-order valence-corrected chi connectivity index (χ1v) is 22.0. The molecule has 0 amide bonds. The highest BCUT2D eigenvalue weighted by Gasteiger charge is 2.40. The number of fused-ring (bicyclic) bond motifs is 8. The first-order valence-electron chi connectivity index (χ1n) is 22.0. The molecule has 2 aliphatic rings. The molecule has 0 saturated heterocycles. The van der Waals surface area contributed by atoms with Crippen LogP contribution in [0.5, 0.6) is 34.5 Å². The molecule has 0 spiro atoms. The monoisotopic (exact) mass is 832 g/mol. The average molecular weight is 833 g/mol. The van der Waals surface area contributed by atoms with Gasteiger partial charge in [-0.25, -0.2) is 9.67 Å². The molecule has 8 heteroatoms. The molecule has 0 N–H and O–H groups in total. The number of ether oxygens (including phenoxy) is 3. The zero-order valence-electron chi connectivity index (χ0n) is 36.7. The van der Waals surface area contributed by atoms with Crippen LogP contribution in [0, 0.1) is 0 Å². The van der Waals surface area contributed by atoms with Crippen LogP contribution in [0.3, 0.4) is 0 Å². The second kappa shape index (κ2) is 14.0. The van der Waals surface area contributed by atoms with E-state index in [1.54, 1.807) is 0 Å². The third-order valence-electron chi connectivity index (χ3n) is 12.9. The van der Waals surface area contributed by atoms with Gasteiger partial charge in [-0.15, -0.1) is 0 Å². The molecular formula is C56H45BN4O3. The zero-order chi connectivity index (χ0) is 43.5. The minimum atomic E-state index is -0.125. The Labute approximate surface area is 372 Å². The van der Waals surface area contributed by atoms with Gasteiger partial charge in [0.25, 0.3) is 6.71 Å². The summed E-state index contributed by atoms with van der Waals surface area (Å²) in [6, 6.07) is 53.2. The largest absolute Gasteiger partial charge is 0.458 e. The van der Waals surface area contributed by atoms with Crippen LogP contribution < -0.4 is 30.6 Å². The summed E-state index contributed by atoms with van der Waals surface area (Å²) >= 11 is 0. The van der Waals surface area contributed by atoms with Crippen LogP contribution in [-0.2, 0) is 10.8 Å². The van der Waals surface area contributed by atoms with Crippen molar-refractivity contribution in [1.29, 1.82) is 0 Å². The lowest BCUT2D eigenvalue weighted by atomic mass is 9.35. The molecule has 5 heterocycles. The van der Waals surface area contributed by atoms with Crippen LogP contribution in [0.25, 0.3) is 55.3 Å². The van der Waals surface area contributed by atoms with E-state index in [1.807, 2.05) is 41.3 Å². The van der Waals surface area contributed by atoms with Crippen molar-refractivity contribution in [2.45, 2.75) is 52.4 Å². The van der Waals surface area contributed by atoms with Crippen molar-refractivity contribution < 1.29 is 14.2 Å². The molecule has 2 aliphatic heterocycles. The minimum Gasteiger partial charge on any atom is -0.458 e. The predicted molar refractivity (Wildman–Crippen MR) is 260 cm³/mol. The molecule has 310 valence electrons. The molecule has 12 rings (SSSR count). The molecule has 64 heavy (non-hydrogen) atoms. The number of aromatic nitrogens is 4. The van der Waals surface area contributed by atoms with E-state index in [2.05, 4.69) is 174 Å². The van der Waals surface area contributed by atoms with Crippen molar-refractivity contribution in [3.8, 4) is 57.1 Å². The molecular weight excluding hydrogens is 787 g/mol. The standard InChI is InChI=1S/C56H45BN4O3/c1-55(2,3)37-23-24-58-53(30-37)60-47-22-19-34(36-26-51-54-52(27-36)64-50-18-12-9-15-45(50)57(54)44-14-8-11-17-49(44)63-51)25-43(47)42-21-20-40(32-48(42)60)62-41-29-38(56(4,5)6)28-39(31-41)61-46-16-10-7-13-35(46)33-59-61/h7-33H,1-6H3. The Hall–Kier alpha value is -7.58. The average Bonchev–Trinajstić information content (AvgIpc) is 3.87. The van der Waals surface area contributed by atoms with Crippen molar-refractivity contribution in [2.24, 2.45) is 0 Å². The Morgan fingerprint density at radius 1 is 0.531 bits per heavy atom. The number of para-hydroxylation sites is 3. The number of nitrogens with zero attached hydrogens (tertiary/aromatic N) is 4. The molecule has 0 fully saturated rings. The van der Waals surface area contributed by atoms with E-state index in [9.17, 15) is 0 Å². The molecule has 7 nitrogen and oxygen atoms in total. The summed E-state index contributed by atoms with van der Waals surface area (Å²) in [6.07, 6.45) is 3.83. The number of hydrogen-bond acceptors (Lipinski definition) is 5. The lowest BCUT2D eigenvalue weighted by molar-refractivity contribution is 0.465. The van der Waals surface area contributed by atoms with Crippen LogP contribution in [0.4, 0.5) is 0 Å². The smallest absolute Gasteiger partial charge is 0.260 e. The Morgan fingerprint density at radius 2 is 1.23 bits per heavy atom. The Balaban J connectivity index is 1.01. The number of hydrogen-bond donors (Lipinski definition) is 0. The number of benzene rings is 7. The van der Waals surface area contributed by atoms with Gasteiger partial charge in [0.2, 0.25) is 0 Å². The fraction of sp³-hybridized carbons (Fsp3) is 0.143. The van der Waals surface area contributed by atoms with Crippen molar-refractivity contribution in [1.82, 2.24) is 19.3 Å². The maximum atomic E-state index is 6.87. The summed E-state index contributed by atoms with van der Waals surface area (Å²) < 4.78 is 24.5. The number of rotatable bonds is 5. The Bertz CT molecular complexity index is 3460. The Morgan fingerprint density at radius 3 is 1.97 bits per heavy atom. The van der Waals surface area contributed by atoms with Gasteiger partial charge in [-0.2, -0.15) is 5.10 Å². The van der Waals surface area contributed by atoms with Crippen LogP contribution in [-0.4, -0.2) is 26.0 Å². The molecule has 3 aromatic heterocycles. The van der Waals surface area contributed by atoms with Crippen molar-refractivity contribution in [2.75, 3.05) is 0 Å². The highest BCUT2D eigenvalue weighted by atomic mass is 16.5. The zero-order valence-corrected chi connectivity index (χ0v) is 36.7. The highest BCUT2D eigenvalue weighted by molar-refractivity contribution is 6.98. The van der Waals surface area contributed by atoms with Crippen LogP contribution in [0.2, 0.25) is 0 Å². The first kappa shape index (κ1) is 38.1. The van der Waals surface area contributed by atoms with E-state index in [0.29, 0.717) is 0 Å². The van der Waals surface area contributed by atoms with Gasteiger partial charge >= 0.3 is 0 Å². The summed E-state index contributed by atoms with van der Waals surface area (Å²) in [4.78, 5) is 4.99. The van der Waals surface area contributed by atoms with Crippen LogP contribution in [0.15, 0.2) is 164 Å². The van der Waals surface area contributed by atoms with Gasteiger partial charge in [0.05, 0.1) is 28.4 Å². The molecule has 0 unspecified atom stereocenters. The summed E-state index contributed by atoms with van der Waals surface area (Å²) in [5.74, 6) is 5.70. The predicted octanol–water partition coefficient (Wildman–Crippen LogP) is 12.3. The van der Waals surface area contributed by atoms with E-state index in [1.165, 1.54) is 5.56 Å². The fourth-order valence-corrected chi connectivity index (χ4v) is 9.57. The minimum absolute atomic E-state index is 0.0233. The number of pyridine rings is 1.